The molecule has 3 atom stereocenters. The Balaban J connectivity index is 1.69. The van der Waals surface area contributed by atoms with Gasteiger partial charge in [0.1, 0.15) is 6.04 Å². The number of likely N-dealkylation sites (tertiary alicyclic amines) is 1. The maximum atomic E-state index is 12.6. The molecule has 0 aromatic rings. The molecule has 0 aromatic carbocycles. The molecule has 3 unspecified atom stereocenters. The first kappa shape index (κ1) is 14.7. The zero-order valence-electron chi connectivity index (χ0n) is 12.6. The standard InChI is InChI=1S/C16H26N2O3/c19-15(20)14-10-11-6-4-5-9-13(11)18(14)16(21)17-12-7-2-1-3-8-12/h11-14H,1-10H2,(H,17,21)(H,19,20). The number of carbonyl (C=O) groups excluding carboxylic acids is 1. The highest BCUT2D eigenvalue weighted by atomic mass is 16.4. The van der Waals surface area contributed by atoms with Crippen LogP contribution < -0.4 is 5.32 Å². The van der Waals surface area contributed by atoms with Crippen molar-refractivity contribution < 1.29 is 14.7 Å². The Kier molecular flexibility index (Phi) is 4.36. The van der Waals surface area contributed by atoms with E-state index in [1.807, 2.05) is 0 Å². The second-order valence-corrected chi connectivity index (χ2v) is 6.89. The van der Waals surface area contributed by atoms with Crippen LogP contribution in [0.2, 0.25) is 0 Å². The summed E-state index contributed by atoms with van der Waals surface area (Å²) in [6, 6.07) is -0.378. The van der Waals surface area contributed by atoms with E-state index in [0.717, 1.165) is 32.1 Å². The van der Waals surface area contributed by atoms with Gasteiger partial charge in [0.15, 0.2) is 0 Å². The van der Waals surface area contributed by atoms with Crippen molar-refractivity contribution in [2.45, 2.75) is 82.3 Å². The van der Waals surface area contributed by atoms with Crippen molar-refractivity contribution in [2.24, 2.45) is 5.92 Å². The normalized spacial score (nSPS) is 33.5. The third kappa shape index (κ3) is 3.01. The van der Waals surface area contributed by atoms with Crippen LogP contribution in [0.15, 0.2) is 0 Å². The third-order valence-electron chi connectivity index (χ3n) is 5.54. The van der Waals surface area contributed by atoms with E-state index >= 15 is 0 Å². The molecule has 1 aliphatic heterocycles. The van der Waals surface area contributed by atoms with Crippen LogP contribution in [0.25, 0.3) is 0 Å². The number of urea groups is 1. The molecule has 3 aliphatic rings. The van der Waals surface area contributed by atoms with Crippen molar-refractivity contribution in [1.29, 1.82) is 0 Å². The van der Waals surface area contributed by atoms with Gasteiger partial charge < -0.3 is 15.3 Å². The molecule has 118 valence electrons. The number of nitrogens with zero attached hydrogens (tertiary/aromatic N) is 1. The Hall–Kier alpha value is -1.26. The van der Waals surface area contributed by atoms with E-state index in [-0.39, 0.29) is 18.1 Å². The predicted octanol–water partition coefficient (Wildman–Crippen LogP) is 2.75. The van der Waals surface area contributed by atoms with E-state index in [9.17, 15) is 14.7 Å². The van der Waals surface area contributed by atoms with Crippen LogP contribution in [-0.4, -0.2) is 40.1 Å². The molecular weight excluding hydrogens is 268 g/mol. The number of nitrogens with one attached hydrogen (secondary N) is 1. The van der Waals surface area contributed by atoms with E-state index in [1.165, 1.54) is 25.7 Å². The number of fused-ring (bicyclic) bond motifs is 1. The summed E-state index contributed by atoms with van der Waals surface area (Å²) in [5.74, 6) is -0.458. The Morgan fingerprint density at radius 2 is 1.62 bits per heavy atom. The number of carboxylic acid groups (broad SMARTS) is 1. The van der Waals surface area contributed by atoms with Crippen molar-refractivity contribution in [3.05, 3.63) is 0 Å². The lowest BCUT2D eigenvalue weighted by atomic mass is 9.85. The smallest absolute Gasteiger partial charge is 0.326 e. The molecule has 2 saturated carbocycles. The zero-order valence-corrected chi connectivity index (χ0v) is 12.6. The van der Waals surface area contributed by atoms with Crippen LogP contribution in [0.4, 0.5) is 4.79 Å². The lowest BCUT2D eigenvalue weighted by molar-refractivity contribution is -0.141. The molecule has 1 saturated heterocycles. The molecule has 0 aromatic heterocycles. The summed E-state index contributed by atoms with van der Waals surface area (Å²) in [5, 5.41) is 12.6. The van der Waals surface area contributed by atoms with Crippen LogP contribution in [0, 0.1) is 5.92 Å². The molecule has 2 amide bonds. The molecule has 2 N–H and O–H groups in total. The molecular formula is C16H26N2O3. The van der Waals surface area contributed by atoms with Gasteiger partial charge in [0.2, 0.25) is 0 Å². The maximum absolute atomic E-state index is 12.6. The van der Waals surface area contributed by atoms with Crippen molar-refractivity contribution in [2.75, 3.05) is 0 Å². The van der Waals surface area contributed by atoms with Crippen molar-refractivity contribution in [1.82, 2.24) is 10.2 Å². The third-order valence-corrected chi connectivity index (χ3v) is 5.54. The molecule has 0 bridgehead atoms. The number of amides is 2. The van der Waals surface area contributed by atoms with Gasteiger partial charge in [-0.3, -0.25) is 0 Å². The van der Waals surface area contributed by atoms with Gasteiger partial charge in [-0.15, -0.1) is 0 Å². The largest absolute Gasteiger partial charge is 0.480 e. The highest BCUT2D eigenvalue weighted by molar-refractivity contribution is 5.84. The fraction of sp³-hybridized carbons (Fsp3) is 0.875. The van der Waals surface area contributed by atoms with E-state index in [4.69, 9.17) is 0 Å². The van der Waals surface area contributed by atoms with Gasteiger partial charge in [0, 0.05) is 12.1 Å². The summed E-state index contributed by atoms with van der Waals surface area (Å²) in [7, 11) is 0. The van der Waals surface area contributed by atoms with Crippen molar-refractivity contribution >= 4 is 12.0 Å². The van der Waals surface area contributed by atoms with Crippen LogP contribution >= 0.6 is 0 Å². The Morgan fingerprint density at radius 3 is 2.33 bits per heavy atom. The topological polar surface area (TPSA) is 69.6 Å². The number of carboxylic acids is 1. The van der Waals surface area contributed by atoms with Gasteiger partial charge in [-0.25, -0.2) is 9.59 Å². The van der Waals surface area contributed by atoms with Gasteiger partial charge in [-0.1, -0.05) is 32.1 Å². The van der Waals surface area contributed by atoms with E-state index in [0.29, 0.717) is 12.3 Å². The van der Waals surface area contributed by atoms with Crippen molar-refractivity contribution in [3.63, 3.8) is 0 Å². The van der Waals surface area contributed by atoms with Gasteiger partial charge in [0.25, 0.3) is 0 Å². The van der Waals surface area contributed by atoms with Crippen LogP contribution in [0.5, 0.6) is 0 Å². The summed E-state index contributed by atoms with van der Waals surface area (Å²) in [4.78, 5) is 25.8. The van der Waals surface area contributed by atoms with E-state index in [2.05, 4.69) is 5.32 Å². The first-order valence-electron chi connectivity index (χ1n) is 8.48. The maximum Gasteiger partial charge on any atom is 0.326 e. The Morgan fingerprint density at radius 1 is 0.952 bits per heavy atom. The molecule has 21 heavy (non-hydrogen) atoms. The molecule has 2 aliphatic carbocycles. The molecule has 3 rings (SSSR count). The molecule has 3 fully saturated rings. The van der Waals surface area contributed by atoms with Crippen LogP contribution in [0.1, 0.15) is 64.2 Å². The second kappa shape index (κ2) is 6.24. The molecule has 0 radical (unpaired) electrons. The molecule has 5 heteroatoms. The number of hydrogen-bond acceptors (Lipinski definition) is 2. The van der Waals surface area contributed by atoms with Gasteiger partial charge in [-0.05, 0) is 38.0 Å². The Labute approximate surface area is 126 Å². The first-order valence-corrected chi connectivity index (χ1v) is 8.48. The van der Waals surface area contributed by atoms with Gasteiger partial charge in [0.05, 0.1) is 0 Å². The van der Waals surface area contributed by atoms with Gasteiger partial charge >= 0.3 is 12.0 Å². The second-order valence-electron chi connectivity index (χ2n) is 6.89. The lowest BCUT2D eigenvalue weighted by Crippen LogP contribution is -2.53. The van der Waals surface area contributed by atoms with Gasteiger partial charge in [-0.2, -0.15) is 0 Å². The highest BCUT2D eigenvalue weighted by Crippen LogP contribution is 2.39. The average molecular weight is 294 g/mol. The number of carbonyl (C=O) groups is 2. The minimum atomic E-state index is -0.844. The number of rotatable bonds is 2. The summed E-state index contributed by atoms with van der Waals surface area (Å²) >= 11 is 0. The predicted molar refractivity (Wildman–Crippen MR) is 79.0 cm³/mol. The highest BCUT2D eigenvalue weighted by Gasteiger charge is 2.47. The SMILES string of the molecule is O=C(O)C1CC2CCCCC2N1C(=O)NC1CCCCC1. The van der Waals surface area contributed by atoms with Crippen LogP contribution in [0.3, 0.4) is 0 Å². The Bertz CT molecular complexity index is 406. The number of hydrogen-bond donors (Lipinski definition) is 2. The fourth-order valence-corrected chi connectivity index (χ4v) is 4.47. The number of aliphatic carboxylic acids is 1. The molecule has 5 nitrogen and oxygen atoms in total. The van der Waals surface area contributed by atoms with Crippen molar-refractivity contribution in [3.8, 4) is 0 Å². The summed E-state index contributed by atoms with van der Waals surface area (Å²) in [5.41, 5.74) is 0. The monoisotopic (exact) mass is 294 g/mol. The minimum absolute atomic E-state index is 0.135. The summed E-state index contributed by atoms with van der Waals surface area (Å²) < 4.78 is 0. The van der Waals surface area contributed by atoms with Crippen LogP contribution in [-0.2, 0) is 4.79 Å². The van der Waals surface area contributed by atoms with E-state index in [1.54, 1.807) is 4.90 Å². The summed E-state index contributed by atoms with van der Waals surface area (Å²) in [6.07, 6.45) is 10.6. The molecule has 1 heterocycles. The van der Waals surface area contributed by atoms with E-state index < -0.39 is 12.0 Å². The minimum Gasteiger partial charge on any atom is -0.480 e. The quantitative estimate of drug-likeness (QED) is 0.822. The molecule has 0 spiro atoms. The fourth-order valence-electron chi connectivity index (χ4n) is 4.47. The zero-order chi connectivity index (χ0) is 14.8. The lowest BCUT2D eigenvalue weighted by Gasteiger charge is -2.34. The average Bonchev–Trinajstić information content (AvgIpc) is 2.88. The first-order chi connectivity index (χ1) is 10.2. The summed E-state index contributed by atoms with van der Waals surface area (Å²) in [6.45, 7) is 0.